The molecule has 9 heteroatoms. The molecule has 1 aliphatic rings. The Hall–Kier alpha value is -2.29. The summed E-state index contributed by atoms with van der Waals surface area (Å²) in [5, 5.41) is 13.3. The van der Waals surface area contributed by atoms with Gasteiger partial charge in [-0.3, -0.25) is 25.0 Å². The van der Waals surface area contributed by atoms with E-state index in [0.717, 1.165) is 13.1 Å². The van der Waals surface area contributed by atoms with Gasteiger partial charge in [0.1, 0.15) is 6.33 Å². The third-order valence-corrected chi connectivity index (χ3v) is 2.80. The Morgan fingerprint density at radius 1 is 1.21 bits per heavy atom. The lowest BCUT2D eigenvalue weighted by molar-refractivity contribution is -0.141. The molecule has 9 nitrogen and oxygen atoms in total. The van der Waals surface area contributed by atoms with Crippen LogP contribution in [0.15, 0.2) is 6.33 Å². The van der Waals surface area contributed by atoms with Crippen molar-refractivity contribution >= 4 is 23.7 Å². The highest BCUT2D eigenvalue weighted by Gasteiger charge is 2.25. The van der Waals surface area contributed by atoms with Crippen LogP contribution < -0.4 is 16.0 Å². The quantitative estimate of drug-likeness (QED) is 0.476. The van der Waals surface area contributed by atoms with Gasteiger partial charge in [0.25, 0.3) is 0 Å². The molecule has 1 aromatic heterocycles. The maximum Gasteiger partial charge on any atom is 0.316 e. The number of nitrogens with one attached hydrogen (secondary N) is 4. The van der Waals surface area contributed by atoms with Gasteiger partial charge in [0.15, 0.2) is 0 Å². The summed E-state index contributed by atoms with van der Waals surface area (Å²) < 4.78 is 0. The number of anilines is 1. The van der Waals surface area contributed by atoms with Crippen LogP contribution in [0.1, 0.15) is 12.8 Å². The Bertz CT molecular complexity index is 466. The maximum atomic E-state index is 11.7. The normalized spacial score (nSPS) is 15.8. The lowest BCUT2D eigenvalue weighted by Crippen LogP contribution is -2.44. The summed E-state index contributed by atoms with van der Waals surface area (Å²) in [7, 11) is 0. The largest absolute Gasteiger partial charge is 0.317 e. The molecule has 2 heterocycles. The standard InChI is InChI=1S/C10H14N6O3/c17-7(6-1-3-11-4-2-6)14-8(18)9(19)15-10-12-5-13-16-10/h5-6,11H,1-4H2,(H,14,17,18)(H2,12,13,15,16,19). The van der Waals surface area contributed by atoms with Gasteiger partial charge in [-0.15, -0.1) is 0 Å². The zero-order chi connectivity index (χ0) is 13.7. The monoisotopic (exact) mass is 266 g/mol. The molecule has 102 valence electrons. The number of piperidine rings is 1. The topological polar surface area (TPSA) is 129 Å². The second kappa shape index (κ2) is 6.05. The number of aromatic amines is 1. The van der Waals surface area contributed by atoms with Crippen molar-refractivity contribution < 1.29 is 14.4 Å². The van der Waals surface area contributed by atoms with Gasteiger partial charge in [0, 0.05) is 5.92 Å². The average Bonchev–Trinajstić information content (AvgIpc) is 2.92. The number of aromatic nitrogens is 3. The fourth-order valence-electron chi connectivity index (χ4n) is 1.78. The third-order valence-electron chi connectivity index (χ3n) is 2.80. The van der Waals surface area contributed by atoms with E-state index >= 15 is 0 Å². The summed E-state index contributed by atoms with van der Waals surface area (Å²) in [4.78, 5) is 38.3. The van der Waals surface area contributed by atoms with Crippen LogP contribution in [0.5, 0.6) is 0 Å². The number of rotatable bonds is 2. The molecule has 1 aromatic rings. The lowest BCUT2D eigenvalue weighted by atomic mass is 9.97. The van der Waals surface area contributed by atoms with Gasteiger partial charge in [0.2, 0.25) is 11.9 Å². The minimum absolute atomic E-state index is 0.0504. The molecule has 1 fully saturated rings. The van der Waals surface area contributed by atoms with Crippen LogP contribution in [0.25, 0.3) is 0 Å². The number of hydrogen-bond acceptors (Lipinski definition) is 6. The first-order valence-electron chi connectivity index (χ1n) is 5.89. The smallest absolute Gasteiger partial charge is 0.316 e. The second-order valence-corrected chi connectivity index (χ2v) is 4.13. The zero-order valence-corrected chi connectivity index (χ0v) is 10.1. The Morgan fingerprint density at radius 3 is 2.58 bits per heavy atom. The van der Waals surface area contributed by atoms with Crippen molar-refractivity contribution in [2.45, 2.75) is 12.8 Å². The number of nitrogens with zero attached hydrogens (tertiary/aromatic N) is 2. The molecular weight excluding hydrogens is 252 g/mol. The molecule has 0 atom stereocenters. The summed E-state index contributed by atoms with van der Waals surface area (Å²) >= 11 is 0. The molecule has 0 spiro atoms. The van der Waals surface area contributed by atoms with Crippen LogP contribution >= 0.6 is 0 Å². The summed E-state index contributed by atoms with van der Waals surface area (Å²) in [5.74, 6) is -2.56. The molecular formula is C10H14N6O3. The van der Waals surface area contributed by atoms with E-state index in [1.165, 1.54) is 6.33 Å². The van der Waals surface area contributed by atoms with Crippen molar-refractivity contribution in [1.82, 2.24) is 25.8 Å². The van der Waals surface area contributed by atoms with Gasteiger partial charge >= 0.3 is 11.8 Å². The first kappa shape index (κ1) is 13.1. The molecule has 0 aromatic carbocycles. The number of amides is 3. The molecule has 3 amide bonds. The highest BCUT2D eigenvalue weighted by atomic mass is 16.2. The van der Waals surface area contributed by atoms with Crippen molar-refractivity contribution in [3.63, 3.8) is 0 Å². The van der Waals surface area contributed by atoms with E-state index in [-0.39, 0.29) is 11.9 Å². The fraction of sp³-hybridized carbons (Fsp3) is 0.500. The van der Waals surface area contributed by atoms with E-state index in [9.17, 15) is 14.4 Å². The van der Waals surface area contributed by atoms with Crippen LogP contribution in [-0.2, 0) is 14.4 Å². The molecule has 2 rings (SSSR count). The second-order valence-electron chi connectivity index (χ2n) is 4.13. The summed E-state index contributed by atoms with van der Waals surface area (Å²) in [6, 6.07) is 0. The minimum Gasteiger partial charge on any atom is -0.317 e. The Balaban J connectivity index is 1.82. The van der Waals surface area contributed by atoms with Crippen molar-refractivity contribution in [2.75, 3.05) is 18.4 Å². The minimum atomic E-state index is -1.00. The predicted octanol–water partition coefficient (Wildman–Crippen LogP) is -1.61. The van der Waals surface area contributed by atoms with Crippen LogP contribution in [0.2, 0.25) is 0 Å². The van der Waals surface area contributed by atoms with Gasteiger partial charge in [-0.25, -0.2) is 5.10 Å². The molecule has 0 bridgehead atoms. The van der Waals surface area contributed by atoms with Gasteiger partial charge in [-0.05, 0) is 25.9 Å². The summed E-state index contributed by atoms with van der Waals surface area (Å²) in [5.41, 5.74) is 0. The Kier molecular flexibility index (Phi) is 4.18. The highest BCUT2D eigenvalue weighted by Crippen LogP contribution is 2.11. The fourth-order valence-corrected chi connectivity index (χ4v) is 1.78. The van der Waals surface area contributed by atoms with E-state index in [2.05, 4.69) is 31.1 Å². The van der Waals surface area contributed by atoms with Crippen molar-refractivity contribution in [2.24, 2.45) is 5.92 Å². The van der Waals surface area contributed by atoms with Crippen LogP contribution in [0, 0.1) is 5.92 Å². The summed E-state index contributed by atoms with van der Waals surface area (Å²) in [6.45, 7) is 1.47. The van der Waals surface area contributed by atoms with Gasteiger partial charge in [0.05, 0.1) is 0 Å². The van der Waals surface area contributed by atoms with Crippen LogP contribution in [0.3, 0.4) is 0 Å². The zero-order valence-electron chi connectivity index (χ0n) is 10.1. The van der Waals surface area contributed by atoms with Crippen molar-refractivity contribution in [1.29, 1.82) is 0 Å². The maximum absolute atomic E-state index is 11.7. The molecule has 0 unspecified atom stereocenters. The first-order valence-corrected chi connectivity index (χ1v) is 5.89. The first-order chi connectivity index (χ1) is 9.16. The molecule has 4 N–H and O–H groups in total. The number of H-pyrrole nitrogens is 1. The van der Waals surface area contributed by atoms with Crippen molar-refractivity contribution in [3.8, 4) is 0 Å². The summed E-state index contributed by atoms with van der Waals surface area (Å²) in [6.07, 6.45) is 2.50. The van der Waals surface area contributed by atoms with Gasteiger partial charge in [-0.2, -0.15) is 10.1 Å². The molecule has 19 heavy (non-hydrogen) atoms. The Labute approximate surface area is 108 Å². The third kappa shape index (κ3) is 3.58. The van der Waals surface area contributed by atoms with Gasteiger partial charge in [-0.1, -0.05) is 0 Å². The van der Waals surface area contributed by atoms with E-state index in [0.29, 0.717) is 12.8 Å². The molecule has 0 saturated carbocycles. The van der Waals surface area contributed by atoms with E-state index < -0.39 is 17.7 Å². The number of imide groups is 1. The van der Waals surface area contributed by atoms with Crippen molar-refractivity contribution in [3.05, 3.63) is 6.33 Å². The predicted molar refractivity (Wildman–Crippen MR) is 63.8 cm³/mol. The van der Waals surface area contributed by atoms with Crippen LogP contribution in [0.4, 0.5) is 5.95 Å². The van der Waals surface area contributed by atoms with E-state index in [1.54, 1.807) is 0 Å². The highest BCUT2D eigenvalue weighted by molar-refractivity contribution is 6.41. The molecule has 0 aliphatic carbocycles. The number of carbonyl (C=O) groups is 3. The number of carbonyl (C=O) groups excluding carboxylic acids is 3. The van der Waals surface area contributed by atoms with Gasteiger partial charge < -0.3 is 5.32 Å². The molecule has 0 radical (unpaired) electrons. The molecule has 1 saturated heterocycles. The SMILES string of the molecule is O=C(NC(=O)C1CCNCC1)C(=O)Nc1ncn[nH]1. The Morgan fingerprint density at radius 2 is 1.95 bits per heavy atom. The van der Waals surface area contributed by atoms with Crippen LogP contribution in [-0.4, -0.2) is 46.0 Å². The lowest BCUT2D eigenvalue weighted by Gasteiger charge is -2.21. The van der Waals surface area contributed by atoms with E-state index in [1.807, 2.05) is 0 Å². The van der Waals surface area contributed by atoms with E-state index in [4.69, 9.17) is 0 Å². The molecule has 1 aliphatic heterocycles. The number of hydrogen-bond donors (Lipinski definition) is 4. The average molecular weight is 266 g/mol.